The van der Waals surface area contributed by atoms with E-state index in [-0.39, 0.29) is 5.91 Å². The molecule has 6 heteroatoms. The van der Waals surface area contributed by atoms with Crippen molar-refractivity contribution in [2.45, 2.75) is 32.7 Å². The molecule has 3 aromatic carbocycles. The van der Waals surface area contributed by atoms with Crippen LogP contribution in [0.15, 0.2) is 66.7 Å². The van der Waals surface area contributed by atoms with E-state index in [1.165, 1.54) is 5.39 Å². The van der Waals surface area contributed by atoms with Crippen molar-refractivity contribution >= 4 is 22.6 Å². The van der Waals surface area contributed by atoms with Gasteiger partial charge in [0.15, 0.2) is 0 Å². The number of ether oxygens (including phenoxy) is 1. The van der Waals surface area contributed by atoms with Crippen LogP contribution in [0.2, 0.25) is 0 Å². The monoisotopic (exact) mass is 422 g/mol. The van der Waals surface area contributed by atoms with Crippen LogP contribution in [0.1, 0.15) is 31.9 Å². The summed E-state index contributed by atoms with van der Waals surface area (Å²) in [6.07, 6.45) is 0.300. The van der Waals surface area contributed by atoms with Crippen LogP contribution in [-0.2, 0) is 21.5 Å². The summed E-state index contributed by atoms with van der Waals surface area (Å²) in [4.78, 5) is 21.7. The average molecular weight is 423 g/mol. The highest BCUT2D eigenvalue weighted by Gasteiger charge is 2.24. The number of hydrogen-bond acceptors (Lipinski definition) is 4. The minimum absolute atomic E-state index is 0.0242. The fourth-order valence-corrected chi connectivity index (χ4v) is 3.34. The molecular formula is C25H30N2O4. The molecular weight excluding hydrogens is 392 g/mol. The van der Waals surface area contributed by atoms with Gasteiger partial charge in [0.05, 0.1) is 12.0 Å². The van der Waals surface area contributed by atoms with E-state index in [4.69, 9.17) is 20.4 Å². The highest BCUT2D eigenvalue weighted by atomic mass is 16.5. The van der Waals surface area contributed by atoms with Gasteiger partial charge < -0.3 is 20.9 Å². The number of benzene rings is 3. The quantitative estimate of drug-likeness (QED) is 0.537. The van der Waals surface area contributed by atoms with Crippen LogP contribution in [0.3, 0.4) is 0 Å². The van der Waals surface area contributed by atoms with Crippen LogP contribution in [0.4, 0.5) is 0 Å². The van der Waals surface area contributed by atoms with Crippen molar-refractivity contribution in [3.63, 3.8) is 0 Å². The van der Waals surface area contributed by atoms with Crippen LogP contribution >= 0.6 is 0 Å². The first-order valence-electron chi connectivity index (χ1n) is 10.1. The van der Waals surface area contributed by atoms with Gasteiger partial charge in [-0.3, -0.25) is 9.59 Å². The number of nitrogens with one attached hydrogen (secondary N) is 1. The molecule has 0 spiro atoms. The topological polar surface area (TPSA) is 102 Å². The molecule has 0 atom stereocenters. The van der Waals surface area contributed by atoms with Gasteiger partial charge in [0, 0.05) is 13.5 Å². The van der Waals surface area contributed by atoms with Crippen molar-refractivity contribution < 1.29 is 19.4 Å². The van der Waals surface area contributed by atoms with Gasteiger partial charge >= 0.3 is 0 Å². The molecule has 0 saturated carbocycles. The first-order valence-corrected chi connectivity index (χ1v) is 10.1. The number of carboxylic acids is 1. The minimum Gasteiger partial charge on any atom is -0.492 e. The van der Waals surface area contributed by atoms with Gasteiger partial charge in [-0.15, -0.1) is 0 Å². The molecule has 0 saturated heterocycles. The number of carboxylic acid groups (broad SMARTS) is 1. The summed E-state index contributed by atoms with van der Waals surface area (Å²) in [5, 5.41) is 12.9. The Labute approximate surface area is 183 Å². The van der Waals surface area contributed by atoms with Crippen molar-refractivity contribution in [2.24, 2.45) is 5.73 Å². The van der Waals surface area contributed by atoms with Gasteiger partial charge in [-0.1, -0.05) is 54.6 Å². The second kappa shape index (κ2) is 11.1. The zero-order valence-corrected chi connectivity index (χ0v) is 18.2. The lowest BCUT2D eigenvalue weighted by Crippen LogP contribution is -2.41. The van der Waals surface area contributed by atoms with Crippen molar-refractivity contribution in [3.05, 3.63) is 77.9 Å². The van der Waals surface area contributed by atoms with Gasteiger partial charge in [-0.2, -0.15) is 0 Å². The Hall–Kier alpha value is -3.38. The predicted molar refractivity (Wildman–Crippen MR) is 123 cm³/mol. The molecule has 0 heterocycles. The van der Waals surface area contributed by atoms with E-state index in [1.54, 1.807) is 0 Å². The van der Waals surface area contributed by atoms with E-state index in [1.807, 2.05) is 56.3 Å². The van der Waals surface area contributed by atoms with Crippen molar-refractivity contribution in [3.8, 4) is 5.75 Å². The van der Waals surface area contributed by atoms with E-state index in [2.05, 4.69) is 29.6 Å². The number of nitrogens with two attached hydrogens (primary N) is 1. The average Bonchev–Trinajstić information content (AvgIpc) is 2.71. The SMILES string of the molecule is CC(=O)O.CC(C)(NC(=O)Cc1cccc(OCCN)c1)c1cccc2ccccc12. The molecule has 6 nitrogen and oxygen atoms in total. The lowest BCUT2D eigenvalue weighted by atomic mass is 9.89. The first kappa shape index (κ1) is 23.9. The Morgan fingerprint density at radius 3 is 2.39 bits per heavy atom. The number of rotatable bonds is 7. The number of amides is 1. The van der Waals surface area contributed by atoms with Crippen LogP contribution in [0.5, 0.6) is 5.75 Å². The third kappa shape index (κ3) is 7.42. The maximum atomic E-state index is 12.7. The zero-order valence-electron chi connectivity index (χ0n) is 18.2. The molecule has 3 aromatic rings. The van der Waals surface area contributed by atoms with Crippen LogP contribution in [-0.4, -0.2) is 30.1 Å². The third-order valence-corrected chi connectivity index (χ3v) is 4.56. The molecule has 3 rings (SSSR count). The number of carbonyl (C=O) groups excluding carboxylic acids is 1. The highest BCUT2D eigenvalue weighted by molar-refractivity contribution is 5.87. The Morgan fingerprint density at radius 1 is 1.03 bits per heavy atom. The molecule has 0 aliphatic carbocycles. The largest absolute Gasteiger partial charge is 0.492 e. The molecule has 0 aliphatic heterocycles. The van der Waals surface area contributed by atoms with E-state index in [0.29, 0.717) is 19.6 Å². The molecule has 0 bridgehead atoms. The normalized spacial score (nSPS) is 10.7. The molecule has 31 heavy (non-hydrogen) atoms. The Balaban J connectivity index is 0.000000785. The first-order chi connectivity index (χ1) is 14.7. The fraction of sp³-hybridized carbons (Fsp3) is 0.280. The number of fused-ring (bicyclic) bond motifs is 1. The maximum Gasteiger partial charge on any atom is 0.300 e. The van der Waals surface area contributed by atoms with Crippen molar-refractivity contribution in [1.82, 2.24) is 5.32 Å². The summed E-state index contributed by atoms with van der Waals surface area (Å²) >= 11 is 0. The van der Waals surface area contributed by atoms with Crippen molar-refractivity contribution in [1.29, 1.82) is 0 Å². The third-order valence-electron chi connectivity index (χ3n) is 4.56. The van der Waals surface area contributed by atoms with E-state index in [0.717, 1.165) is 29.2 Å². The van der Waals surface area contributed by atoms with E-state index in [9.17, 15) is 4.79 Å². The molecule has 0 aromatic heterocycles. The second-order valence-electron chi connectivity index (χ2n) is 7.68. The predicted octanol–water partition coefficient (Wildman–Crippen LogP) is 3.86. The summed E-state index contributed by atoms with van der Waals surface area (Å²) in [5.41, 5.74) is 7.01. The van der Waals surface area contributed by atoms with Crippen LogP contribution in [0.25, 0.3) is 10.8 Å². The van der Waals surface area contributed by atoms with Gasteiger partial charge in [0.1, 0.15) is 12.4 Å². The number of aliphatic carboxylic acids is 1. The van der Waals surface area contributed by atoms with Gasteiger partial charge in [0.25, 0.3) is 5.97 Å². The number of hydrogen-bond donors (Lipinski definition) is 3. The van der Waals surface area contributed by atoms with Crippen LogP contribution in [0, 0.1) is 0 Å². The maximum absolute atomic E-state index is 12.7. The number of carbonyl (C=O) groups is 2. The summed E-state index contributed by atoms with van der Waals surface area (Å²) in [5.74, 6) is -0.122. The molecule has 0 radical (unpaired) electrons. The lowest BCUT2D eigenvalue weighted by molar-refractivity contribution is -0.134. The standard InChI is InChI=1S/C23H26N2O2.C2H4O2/c1-23(2,21-12-6-9-18-8-3-4-11-20(18)21)25-22(26)16-17-7-5-10-19(15-17)27-14-13-24;1-2(3)4/h3-12,15H,13-14,16,24H2,1-2H3,(H,25,26);1H3,(H,3,4). The molecule has 164 valence electrons. The molecule has 1 amide bonds. The fourth-order valence-electron chi connectivity index (χ4n) is 3.34. The Kier molecular flexibility index (Phi) is 8.58. The van der Waals surface area contributed by atoms with Gasteiger partial charge in [-0.25, -0.2) is 0 Å². The Bertz CT molecular complexity index is 1020. The molecule has 4 N–H and O–H groups in total. The van der Waals surface area contributed by atoms with Gasteiger partial charge in [0.2, 0.25) is 5.91 Å². The van der Waals surface area contributed by atoms with Gasteiger partial charge in [-0.05, 0) is 47.9 Å². The van der Waals surface area contributed by atoms with Crippen LogP contribution < -0.4 is 15.8 Å². The summed E-state index contributed by atoms with van der Waals surface area (Å²) < 4.78 is 5.54. The van der Waals surface area contributed by atoms with E-state index >= 15 is 0 Å². The lowest BCUT2D eigenvalue weighted by Gasteiger charge is -2.28. The highest BCUT2D eigenvalue weighted by Crippen LogP contribution is 2.28. The Morgan fingerprint density at radius 2 is 1.68 bits per heavy atom. The summed E-state index contributed by atoms with van der Waals surface area (Å²) in [6.45, 7) is 6.08. The minimum atomic E-state index is -0.833. The summed E-state index contributed by atoms with van der Waals surface area (Å²) in [7, 11) is 0. The molecule has 0 fully saturated rings. The zero-order chi connectivity index (χ0) is 22.9. The van der Waals surface area contributed by atoms with E-state index < -0.39 is 11.5 Å². The second-order valence-corrected chi connectivity index (χ2v) is 7.68. The smallest absolute Gasteiger partial charge is 0.300 e. The van der Waals surface area contributed by atoms with Crippen molar-refractivity contribution in [2.75, 3.05) is 13.2 Å². The summed E-state index contributed by atoms with van der Waals surface area (Å²) in [6, 6.07) is 22.0. The molecule has 0 aliphatic rings. The molecule has 0 unspecified atom stereocenters.